The van der Waals surface area contributed by atoms with Crippen LogP contribution in [0.4, 0.5) is 0 Å². The maximum absolute atomic E-state index is 11.7. The summed E-state index contributed by atoms with van der Waals surface area (Å²) in [5, 5.41) is 9.63. The molecule has 1 N–H and O–H groups in total. The van der Waals surface area contributed by atoms with Gasteiger partial charge in [0.25, 0.3) is 0 Å². The number of nitrogens with zero attached hydrogens (tertiary/aromatic N) is 1. The summed E-state index contributed by atoms with van der Waals surface area (Å²) in [4.78, 5) is 13.9. The van der Waals surface area contributed by atoms with Gasteiger partial charge in [0.05, 0.1) is 6.04 Å². The van der Waals surface area contributed by atoms with Crippen LogP contribution in [0.15, 0.2) is 46.9 Å². The van der Waals surface area contributed by atoms with Gasteiger partial charge in [-0.1, -0.05) is 51.8 Å². The van der Waals surface area contributed by atoms with Crippen molar-refractivity contribution in [2.24, 2.45) is 0 Å². The normalized spacial score (nSPS) is 19.4. The summed E-state index contributed by atoms with van der Waals surface area (Å²) < 4.78 is 1.03. The Labute approximate surface area is 151 Å². The Bertz CT molecular complexity index is 742. The number of hydrogen-bond donors (Lipinski definition) is 1. The number of aliphatic carboxylic acids is 1. The highest BCUT2D eigenvalue weighted by atomic mass is 79.9. The van der Waals surface area contributed by atoms with E-state index in [-0.39, 0.29) is 6.04 Å². The van der Waals surface area contributed by atoms with Crippen molar-refractivity contribution in [1.82, 2.24) is 4.90 Å². The third-order valence-electron chi connectivity index (χ3n) is 4.82. The lowest BCUT2D eigenvalue weighted by atomic mass is 9.92. The highest BCUT2D eigenvalue weighted by Crippen LogP contribution is 2.37. The van der Waals surface area contributed by atoms with Crippen molar-refractivity contribution in [3.05, 3.63) is 69.2 Å². The molecular formula is C20H22BrNO2. The molecule has 0 aliphatic carbocycles. The van der Waals surface area contributed by atoms with Gasteiger partial charge in [-0.3, -0.25) is 9.69 Å². The zero-order valence-electron chi connectivity index (χ0n) is 14.0. The van der Waals surface area contributed by atoms with E-state index in [1.807, 2.05) is 12.1 Å². The lowest BCUT2D eigenvalue weighted by molar-refractivity contribution is -0.142. The zero-order valence-corrected chi connectivity index (χ0v) is 15.6. The first-order valence-electron chi connectivity index (χ1n) is 8.28. The zero-order chi connectivity index (χ0) is 17.3. The van der Waals surface area contributed by atoms with E-state index in [2.05, 4.69) is 65.0 Å². The van der Waals surface area contributed by atoms with Crippen LogP contribution in [-0.4, -0.2) is 28.6 Å². The SMILES string of the molecule is Cc1ccc(C(c2ccc(Br)cc2)N2CCCC2C(=O)O)c(C)c1. The van der Waals surface area contributed by atoms with Crippen LogP contribution in [0, 0.1) is 13.8 Å². The van der Waals surface area contributed by atoms with Gasteiger partial charge in [0.1, 0.15) is 6.04 Å². The van der Waals surface area contributed by atoms with Crippen LogP contribution in [-0.2, 0) is 4.79 Å². The molecule has 0 saturated carbocycles. The summed E-state index contributed by atoms with van der Waals surface area (Å²) in [7, 11) is 0. The minimum atomic E-state index is -0.723. The van der Waals surface area contributed by atoms with Crippen molar-refractivity contribution in [3.63, 3.8) is 0 Å². The topological polar surface area (TPSA) is 40.5 Å². The molecule has 2 aromatic carbocycles. The van der Waals surface area contributed by atoms with Crippen molar-refractivity contribution in [1.29, 1.82) is 0 Å². The second kappa shape index (κ2) is 7.08. The maximum atomic E-state index is 11.7. The van der Waals surface area contributed by atoms with Gasteiger partial charge in [0.15, 0.2) is 0 Å². The standard InChI is InChI=1S/C20H22BrNO2/c1-13-5-10-17(14(2)12-13)19(15-6-8-16(21)9-7-15)22-11-3-4-18(22)20(23)24/h5-10,12,18-19H,3-4,11H2,1-2H3,(H,23,24). The molecule has 2 aromatic rings. The van der Waals surface area contributed by atoms with Crippen molar-refractivity contribution in [2.75, 3.05) is 6.54 Å². The molecular weight excluding hydrogens is 366 g/mol. The fraction of sp³-hybridized carbons (Fsp3) is 0.350. The Morgan fingerprint density at radius 2 is 1.92 bits per heavy atom. The first-order chi connectivity index (χ1) is 11.5. The molecule has 126 valence electrons. The lowest BCUT2D eigenvalue weighted by Gasteiger charge is -2.33. The van der Waals surface area contributed by atoms with Crippen molar-refractivity contribution < 1.29 is 9.90 Å². The van der Waals surface area contributed by atoms with E-state index < -0.39 is 12.0 Å². The first-order valence-corrected chi connectivity index (χ1v) is 9.08. The van der Waals surface area contributed by atoms with E-state index in [0.717, 1.165) is 23.0 Å². The minimum absolute atomic E-state index is 0.0256. The average Bonchev–Trinajstić information content (AvgIpc) is 3.01. The quantitative estimate of drug-likeness (QED) is 0.825. The summed E-state index contributed by atoms with van der Waals surface area (Å²) in [6.07, 6.45) is 1.64. The molecule has 1 fully saturated rings. The molecule has 4 heteroatoms. The molecule has 0 spiro atoms. The van der Waals surface area contributed by atoms with Gasteiger partial charge < -0.3 is 5.11 Å². The molecule has 24 heavy (non-hydrogen) atoms. The molecule has 3 rings (SSSR count). The van der Waals surface area contributed by atoms with Crippen LogP contribution in [0.3, 0.4) is 0 Å². The predicted octanol–water partition coefficient (Wildman–Crippen LogP) is 4.70. The van der Waals surface area contributed by atoms with Crippen LogP contribution in [0.1, 0.15) is 41.1 Å². The van der Waals surface area contributed by atoms with Crippen molar-refractivity contribution in [2.45, 2.75) is 38.8 Å². The van der Waals surface area contributed by atoms with Gasteiger partial charge in [-0.25, -0.2) is 0 Å². The maximum Gasteiger partial charge on any atom is 0.320 e. The Morgan fingerprint density at radius 3 is 2.54 bits per heavy atom. The third kappa shape index (κ3) is 3.40. The molecule has 0 amide bonds. The molecule has 1 saturated heterocycles. The number of rotatable bonds is 4. The number of likely N-dealkylation sites (tertiary alicyclic amines) is 1. The second-order valence-electron chi connectivity index (χ2n) is 6.55. The van der Waals surface area contributed by atoms with Gasteiger partial charge in [0.2, 0.25) is 0 Å². The highest BCUT2D eigenvalue weighted by molar-refractivity contribution is 9.10. The molecule has 1 heterocycles. The summed E-state index contributed by atoms with van der Waals surface area (Å²) in [5.74, 6) is -0.723. The number of aryl methyl sites for hydroxylation is 2. The molecule has 1 aliphatic heterocycles. The van der Waals surface area contributed by atoms with Crippen LogP contribution in [0.5, 0.6) is 0 Å². The molecule has 2 unspecified atom stereocenters. The van der Waals surface area contributed by atoms with Crippen LogP contribution in [0.2, 0.25) is 0 Å². The van der Waals surface area contributed by atoms with Crippen molar-refractivity contribution in [3.8, 4) is 0 Å². The van der Waals surface area contributed by atoms with Gasteiger partial charge in [-0.15, -0.1) is 0 Å². The van der Waals surface area contributed by atoms with Gasteiger partial charge >= 0.3 is 5.97 Å². The molecule has 2 atom stereocenters. The second-order valence-corrected chi connectivity index (χ2v) is 7.46. The van der Waals surface area contributed by atoms with Gasteiger partial charge in [-0.05, 0) is 55.5 Å². The molecule has 1 aliphatic rings. The Hall–Kier alpha value is -1.65. The third-order valence-corrected chi connectivity index (χ3v) is 5.35. The smallest absolute Gasteiger partial charge is 0.320 e. The molecule has 3 nitrogen and oxygen atoms in total. The molecule has 0 aromatic heterocycles. The largest absolute Gasteiger partial charge is 0.480 e. The van der Waals surface area contributed by atoms with E-state index >= 15 is 0 Å². The fourth-order valence-electron chi connectivity index (χ4n) is 3.69. The van der Waals surface area contributed by atoms with E-state index in [4.69, 9.17) is 0 Å². The predicted molar refractivity (Wildman–Crippen MR) is 99.3 cm³/mol. The van der Waals surface area contributed by atoms with Crippen LogP contribution in [0.25, 0.3) is 0 Å². The minimum Gasteiger partial charge on any atom is -0.480 e. The number of carbonyl (C=O) groups is 1. The van der Waals surface area contributed by atoms with Gasteiger partial charge in [-0.2, -0.15) is 0 Å². The Kier molecular flexibility index (Phi) is 5.07. The van der Waals surface area contributed by atoms with E-state index in [1.165, 1.54) is 16.7 Å². The summed E-state index contributed by atoms with van der Waals surface area (Å²) in [6.45, 7) is 5.01. The van der Waals surface area contributed by atoms with Crippen LogP contribution >= 0.6 is 15.9 Å². The summed E-state index contributed by atoms with van der Waals surface area (Å²) >= 11 is 3.49. The molecule has 0 bridgehead atoms. The Balaban J connectivity index is 2.10. The fourth-order valence-corrected chi connectivity index (χ4v) is 3.95. The van der Waals surface area contributed by atoms with E-state index in [9.17, 15) is 9.90 Å². The number of halogens is 1. The van der Waals surface area contributed by atoms with Crippen molar-refractivity contribution >= 4 is 21.9 Å². The van der Waals surface area contributed by atoms with E-state index in [1.54, 1.807) is 0 Å². The first kappa shape index (κ1) is 17.2. The van der Waals surface area contributed by atoms with Gasteiger partial charge in [0, 0.05) is 11.0 Å². The average molecular weight is 388 g/mol. The monoisotopic (exact) mass is 387 g/mol. The molecule has 0 radical (unpaired) electrons. The number of benzene rings is 2. The summed E-state index contributed by atoms with van der Waals surface area (Å²) in [6, 6.07) is 14.2. The lowest BCUT2D eigenvalue weighted by Crippen LogP contribution is -2.39. The van der Waals surface area contributed by atoms with Crippen LogP contribution < -0.4 is 0 Å². The van der Waals surface area contributed by atoms with E-state index in [0.29, 0.717) is 6.42 Å². The number of hydrogen-bond acceptors (Lipinski definition) is 2. The number of carboxylic acid groups (broad SMARTS) is 1. The Morgan fingerprint density at radius 1 is 1.21 bits per heavy atom. The highest BCUT2D eigenvalue weighted by Gasteiger charge is 2.37. The summed E-state index contributed by atoms with van der Waals surface area (Å²) in [5.41, 5.74) is 4.76. The number of carboxylic acids is 1.